The minimum Gasteiger partial charge on any atom is -0.235 e. The van der Waals surface area contributed by atoms with Crippen molar-refractivity contribution in [1.82, 2.24) is 0 Å². The Morgan fingerprint density at radius 2 is 1.05 bits per heavy atom. The first-order valence-electron chi connectivity index (χ1n) is 7.70. The maximum atomic E-state index is 12.9. The molecule has 1 atom stereocenters. The van der Waals surface area contributed by atoms with Crippen LogP contribution in [0, 0.1) is 0 Å². The Morgan fingerprint density at radius 3 is 1.38 bits per heavy atom. The van der Waals surface area contributed by atoms with Crippen molar-refractivity contribution in [1.29, 1.82) is 0 Å². The normalized spacial score (nSPS) is 16.5. The van der Waals surface area contributed by atoms with E-state index in [9.17, 15) is 17.6 Å². The molecule has 0 saturated carbocycles. The van der Waals surface area contributed by atoms with Gasteiger partial charge in [-0.1, -0.05) is 55.4 Å². The van der Waals surface area contributed by atoms with Gasteiger partial charge in [-0.15, -0.1) is 0 Å². The van der Waals surface area contributed by atoms with Gasteiger partial charge in [0, 0.05) is 0 Å². The quantitative estimate of drug-likeness (QED) is 0.400. The fourth-order valence-corrected chi connectivity index (χ4v) is 0.971. The summed E-state index contributed by atoms with van der Waals surface area (Å²) in [5.41, 5.74) is -0.279. The molecule has 4 heteroatoms. The molecule has 128 valence electrons. The molecular formula is C17H32F4. The molecule has 0 aromatic heterocycles. The monoisotopic (exact) mass is 312 g/mol. The molecule has 1 unspecified atom stereocenters. The number of allylic oxidation sites excluding steroid dienone is 6. The third-order valence-electron chi connectivity index (χ3n) is 1.99. The summed E-state index contributed by atoms with van der Waals surface area (Å²) in [7, 11) is 0. The second-order valence-corrected chi connectivity index (χ2v) is 2.83. The van der Waals surface area contributed by atoms with Gasteiger partial charge in [0.15, 0.2) is 17.8 Å². The lowest BCUT2D eigenvalue weighted by Gasteiger charge is -2.00. The second-order valence-electron chi connectivity index (χ2n) is 2.83. The molecule has 0 saturated heterocycles. The summed E-state index contributed by atoms with van der Waals surface area (Å²) in [5, 5.41) is 0. The second kappa shape index (κ2) is 18.9. The van der Waals surface area contributed by atoms with Crippen molar-refractivity contribution in [3.63, 3.8) is 0 Å². The van der Waals surface area contributed by atoms with E-state index in [1.807, 2.05) is 55.4 Å². The Hall–Kier alpha value is -1.06. The number of halogens is 4. The third kappa shape index (κ3) is 10.3. The molecule has 21 heavy (non-hydrogen) atoms. The molecule has 1 aliphatic carbocycles. The number of hydrogen-bond acceptors (Lipinski definition) is 0. The van der Waals surface area contributed by atoms with E-state index in [4.69, 9.17) is 0 Å². The van der Waals surface area contributed by atoms with Crippen molar-refractivity contribution in [3.05, 3.63) is 34.7 Å². The van der Waals surface area contributed by atoms with E-state index in [0.717, 1.165) is 0 Å². The van der Waals surface area contributed by atoms with Crippen molar-refractivity contribution < 1.29 is 17.6 Å². The van der Waals surface area contributed by atoms with Crippen LogP contribution in [0.5, 0.6) is 0 Å². The highest BCUT2D eigenvalue weighted by atomic mass is 19.2. The molecule has 0 aromatic rings. The van der Waals surface area contributed by atoms with Gasteiger partial charge in [0.2, 0.25) is 0 Å². The van der Waals surface area contributed by atoms with Crippen molar-refractivity contribution in [3.8, 4) is 0 Å². The summed E-state index contributed by atoms with van der Waals surface area (Å²) < 4.78 is 51.2. The van der Waals surface area contributed by atoms with E-state index in [1.54, 1.807) is 0 Å². The van der Waals surface area contributed by atoms with Gasteiger partial charge in [0.05, 0.1) is 0 Å². The predicted octanol–water partition coefficient (Wildman–Crippen LogP) is 7.78. The van der Waals surface area contributed by atoms with Crippen molar-refractivity contribution in [2.75, 3.05) is 0 Å². The molecule has 0 fully saturated rings. The molecule has 0 nitrogen and oxygen atoms in total. The summed E-state index contributed by atoms with van der Waals surface area (Å²) in [4.78, 5) is 0. The van der Waals surface area contributed by atoms with Gasteiger partial charge in [-0.2, -0.15) is 0 Å². The topological polar surface area (TPSA) is 0 Å². The predicted molar refractivity (Wildman–Crippen MR) is 87.1 cm³/mol. The van der Waals surface area contributed by atoms with Gasteiger partial charge in [-0.05, 0) is 31.1 Å². The smallest absolute Gasteiger partial charge is 0.176 e. The van der Waals surface area contributed by atoms with Crippen LogP contribution in [0.1, 0.15) is 69.2 Å². The van der Waals surface area contributed by atoms with E-state index in [-0.39, 0.29) is 11.1 Å². The first-order valence-corrected chi connectivity index (χ1v) is 7.70. The van der Waals surface area contributed by atoms with Crippen LogP contribution < -0.4 is 0 Å². The Labute approximate surface area is 128 Å². The van der Waals surface area contributed by atoms with Crippen LogP contribution in [-0.2, 0) is 0 Å². The minimum atomic E-state index is -2.33. The zero-order valence-corrected chi connectivity index (χ0v) is 15.2. The van der Waals surface area contributed by atoms with Gasteiger partial charge >= 0.3 is 0 Å². The van der Waals surface area contributed by atoms with Crippen LogP contribution in [0.15, 0.2) is 34.7 Å². The van der Waals surface area contributed by atoms with Crippen LogP contribution in [0.2, 0.25) is 0 Å². The molecule has 1 rings (SSSR count). The van der Waals surface area contributed by atoms with Crippen LogP contribution >= 0.6 is 0 Å². The summed E-state index contributed by atoms with van der Waals surface area (Å²) >= 11 is 0. The summed E-state index contributed by atoms with van der Waals surface area (Å²) in [6.07, 6.45) is -1.91. The maximum absolute atomic E-state index is 12.9. The first kappa shape index (κ1) is 28.2. The van der Waals surface area contributed by atoms with E-state index in [1.165, 1.54) is 13.8 Å². The fourth-order valence-electron chi connectivity index (χ4n) is 0.971. The van der Waals surface area contributed by atoms with E-state index in [0.29, 0.717) is 6.08 Å². The number of alkyl halides is 1. The van der Waals surface area contributed by atoms with Gasteiger partial charge in [0.25, 0.3) is 0 Å². The Balaban J connectivity index is -0.000000156. The highest BCUT2D eigenvalue weighted by Gasteiger charge is 2.24. The average Bonchev–Trinajstić information content (AvgIpc) is 2.63. The van der Waals surface area contributed by atoms with Crippen LogP contribution in [-0.4, -0.2) is 6.17 Å². The maximum Gasteiger partial charge on any atom is 0.176 e. The van der Waals surface area contributed by atoms with Crippen LogP contribution in [0.4, 0.5) is 17.6 Å². The van der Waals surface area contributed by atoms with Gasteiger partial charge in [-0.3, -0.25) is 0 Å². The molecule has 0 aliphatic heterocycles. The highest BCUT2D eigenvalue weighted by molar-refractivity contribution is 5.43. The van der Waals surface area contributed by atoms with Crippen molar-refractivity contribution >= 4 is 0 Å². The number of rotatable bonds is 0. The molecule has 0 spiro atoms. The van der Waals surface area contributed by atoms with Crippen LogP contribution in [0.25, 0.3) is 0 Å². The lowest BCUT2D eigenvalue weighted by atomic mass is 10.1. The Kier molecular flexibility index (Phi) is 25.4. The Morgan fingerprint density at radius 1 is 0.714 bits per heavy atom. The van der Waals surface area contributed by atoms with Crippen LogP contribution in [0.3, 0.4) is 0 Å². The largest absolute Gasteiger partial charge is 0.235 e. The summed E-state index contributed by atoms with van der Waals surface area (Å²) in [5.74, 6) is -3.80. The zero-order chi connectivity index (χ0) is 18.2. The standard InChI is InChI=1S/C9H8F4.4C2H6/c1-4-5(2)8(12)9(13)7(11)3-6(4)10;4*1-2/h3,7H,1-2H3;4*1-2H3. The highest BCUT2D eigenvalue weighted by Crippen LogP contribution is 2.32. The lowest BCUT2D eigenvalue weighted by Crippen LogP contribution is -1.97. The molecule has 0 N–H and O–H groups in total. The molecule has 0 bridgehead atoms. The zero-order valence-electron chi connectivity index (χ0n) is 15.2. The SMILES string of the molecule is CC.CC.CC.CC.CC1=C(C)C(F)=C(F)C(F)C=C1F. The minimum absolute atomic E-state index is 0.0761. The molecule has 1 aliphatic rings. The van der Waals surface area contributed by atoms with E-state index in [2.05, 4.69) is 0 Å². The molecule has 0 radical (unpaired) electrons. The van der Waals surface area contributed by atoms with Gasteiger partial charge in [0.1, 0.15) is 5.83 Å². The molecule has 0 heterocycles. The first-order chi connectivity index (χ1) is 9.95. The van der Waals surface area contributed by atoms with Gasteiger partial charge < -0.3 is 0 Å². The van der Waals surface area contributed by atoms with Crippen molar-refractivity contribution in [2.24, 2.45) is 0 Å². The molecular weight excluding hydrogens is 280 g/mol. The van der Waals surface area contributed by atoms with E-state index < -0.39 is 23.7 Å². The number of hydrogen-bond donors (Lipinski definition) is 0. The summed E-state index contributed by atoms with van der Waals surface area (Å²) in [6.45, 7) is 18.5. The Bertz CT molecular complexity index is 326. The lowest BCUT2D eigenvalue weighted by molar-refractivity contribution is 0.362. The molecule has 0 amide bonds. The van der Waals surface area contributed by atoms with Crippen molar-refractivity contribution in [2.45, 2.75) is 75.4 Å². The third-order valence-corrected chi connectivity index (χ3v) is 1.99. The van der Waals surface area contributed by atoms with Gasteiger partial charge in [-0.25, -0.2) is 17.6 Å². The fraction of sp³-hybridized carbons (Fsp3) is 0.647. The summed E-state index contributed by atoms with van der Waals surface area (Å²) in [6, 6.07) is 0. The average molecular weight is 312 g/mol. The van der Waals surface area contributed by atoms with E-state index >= 15 is 0 Å². The molecule has 0 aromatic carbocycles.